The van der Waals surface area contributed by atoms with Crippen LogP contribution in [0.25, 0.3) is 23.0 Å². The molecule has 0 unspecified atom stereocenters. The standard InChI is InChI=1S/C20H13BrFN5S/c21-14-5-8-18-25-16(2-1-9-23)20(27(18)11-14)24-10-19-26-17(12-28-19)13-3-6-15(22)7-4-13/h1-8,11-12,24H,10H2/b2-1+. The van der Waals surface area contributed by atoms with Crippen LogP contribution in [-0.2, 0) is 6.54 Å². The molecule has 0 fully saturated rings. The molecular weight excluding hydrogens is 441 g/mol. The topological polar surface area (TPSA) is 66.0 Å². The van der Waals surface area contributed by atoms with Crippen LogP contribution in [0.4, 0.5) is 10.2 Å². The van der Waals surface area contributed by atoms with Crippen LogP contribution in [0.5, 0.6) is 0 Å². The molecule has 0 aliphatic heterocycles. The average Bonchev–Trinajstić information content (AvgIpc) is 3.29. The number of allylic oxidation sites excluding steroid dienone is 1. The van der Waals surface area contributed by atoms with Gasteiger partial charge in [0.1, 0.15) is 28.0 Å². The SMILES string of the molecule is N#C/C=C/c1nc2ccc(Br)cn2c1NCc1nc(-c2ccc(F)cc2)cs1. The number of thiazole rings is 1. The van der Waals surface area contributed by atoms with Crippen molar-refractivity contribution in [3.8, 4) is 17.3 Å². The van der Waals surface area contributed by atoms with Crippen molar-refractivity contribution < 1.29 is 4.39 Å². The van der Waals surface area contributed by atoms with Crippen LogP contribution in [0.1, 0.15) is 10.7 Å². The number of benzene rings is 1. The number of rotatable bonds is 5. The third kappa shape index (κ3) is 3.81. The van der Waals surface area contributed by atoms with Gasteiger partial charge in [-0.05, 0) is 58.4 Å². The van der Waals surface area contributed by atoms with Gasteiger partial charge in [-0.2, -0.15) is 5.26 Å². The van der Waals surface area contributed by atoms with Crippen molar-refractivity contribution in [1.29, 1.82) is 5.26 Å². The molecule has 0 radical (unpaired) electrons. The summed E-state index contributed by atoms with van der Waals surface area (Å²) in [4.78, 5) is 9.18. The molecule has 28 heavy (non-hydrogen) atoms. The molecule has 1 N–H and O–H groups in total. The Morgan fingerprint density at radius 2 is 2.04 bits per heavy atom. The fourth-order valence-electron chi connectivity index (χ4n) is 2.75. The van der Waals surface area contributed by atoms with Gasteiger partial charge in [0.25, 0.3) is 0 Å². The lowest BCUT2D eigenvalue weighted by Gasteiger charge is -2.06. The maximum absolute atomic E-state index is 13.1. The van der Waals surface area contributed by atoms with Crippen molar-refractivity contribution in [2.45, 2.75) is 6.54 Å². The van der Waals surface area contributed by atoms with E-state index in [1.165, 1.54) is 29.5 Å². The van der Waals surface area contributed by atoms with Gasteiger partial charge < -0.3 is 5.32 Å². The highest BCUT2D eigenvalue weighted by atomic mass is 79.9. The summed E-state index contributed by atoms with van der Waals surface area (Å²) < 4.78 is 15.9. The maximum Gasteiger partial charge on any atom is 0.139 e. The number of nitriles is 1. The van der Waals surface area contributed by atoms with Gasteiger partial charge in [0.15, 0.2) is 0 Å². The number of nitrogens with one attached hydrogen (secondary N) is 1. The van der Waals surface area contributed by atoms with Crippen LogP contribution < -0.4 is 5.32 Å². The van der Waals surface area contributed by atoms with Crippen LogP contribution in [0.3, 0.4) is 0 Å². The summed E-state index contributed by atoms with van der Waals surface area (Å²) in [5, 5.41) is 15.1. The van der Waals surface area contributed by atoms with E-state index in [2.05, 4.69) is 31.2 Å². The van der Waals surface area contributed by atoms with E-state index in [9.17, 15) is 4.39 Å². The zero-order valence-corrected chi connectivity index (χ0v) is 16.8. The minimum absolute atomic E-state index is 0.266. The lowest BCUT2D eigenvalue weighted by molar-refractivity contribution is 0.628. The zero-order valence-electron chi connectivity index (χ0n) is 14.4. The molecule has 0 bridgehead atoms. The van der Waals surface area contributed by atoms with Crippen molar-refractivity contribution in [1.82, 2.24) is 14.4 Å². The van der Waals surface area contributed by atoms with Gasteiger partial charge in [0.2, 0.25) is 0 Å². The Balaban J connectivity index is 1.60. The number of hydrogen-bond donors (Lipinski definition) is 1. The average molecular weight is 454 g/mol. The monoisotopic (exact) mass is 453 g/mol. The minimum atomic E-state index is -0.266. The summed E-state index contributed by atoms with van der Waals surface area (Å²) in [5.74, 6) is 0.513. The Kier molecular flexibility index (Phi) is 5.19. The van der Waals surface area contributed by atoms with E-state index in [1.807, 2.05) is 34.2 Å². The highest BCUT2D eigenvalue weighted by Crippen LogP contribution is 2.25. The first-order chi connectivity index (χ1) is 13.6. The molecule has 0 saturated heterocycles. The van der Waals surface area contributed by atoms with Gasteiger partial charge >= 0.3 is 0 Å². The summed E-state index contributed by atoms with van der Waals surface area (Å²) in [7, 11) is 0. The summed E-state index contributed by atoms with van der Waals surface area (Å²) in [6, 6.07) is 12.1. The van der Waals surface area contributed by atoms with Crippen LogP contribution >= 0.6 is 27.3 Å². The van der Waals surface area contributed by atoms with E-state index in [0.29, 0.717) is 12.2 Å². The first kappa shape index (κ1) is 18.3. The van der Waals surface area contributed by atoms with E-state index in [-0.39, 0.29) is 5.82 Å². The predicted molar refractivity (Wildman–Crippen MR) is 112 cm³/mol. The van der Waals surface area contributed by atoms with Crippen LogP contribution in [0.2, 0.25) is 0 Å². The van der Waals surface area contributed by atoms with Crippen molar-refractivity contribution in [2.24, 2.45) is 0 Å². The largest absolute Gasteiger partial charge is 0.363 e. The predicted octanol–water partition coefficient (Wildman–Crippen LogP) is 5.51. The molecule has 0 atom stereocenters. The molecule has 0 spiro atoms. The number of halogens is 2. The Bertz CT molecular complexity index is 1200. The van der Waals surface area contributed by atoms with Gasteiger partial charge in [-0.3, -0.25) is 4.40 Å². The normalized spacial score (nSPS) is 11.2. The molecule has 138 valence electrons. The van der Waals surface area contributed by atoms with Crippen LogP contribution in [0, 0.1) is 17.1 Å². The molecule has 1 aromatic carbocycles. The van der Waals surface area contributed by atoms with E-state index < -0.39 is 0 Å². The molecule has 0 aliphatic carbocycles. The van der Waals surface area contributed by atoms with Crippen molar-refractivity contribution in [3.05, 3.63) is 75.0 Å². The molecule has 0 aliphatic rings. The molecule has 8 heteroatoms. The lowest BCUT2D eigenvalue weighted by atomic mass is 10.2. The molecule has 3 aromatic heterocycles. The van der Waals surface area contributed by atoms with Crippen molar-refractivity contribution >= 4 is 44.8 Å². The second-order valence-corrected chi connectivity index (χ2v) is 7.73. The Morgan fingerprint density at radius 3 is 2.82 bits per heavy atom. The molecule has 0 amide bonds. The Labute approximate surface area is 172 Å². The van der Waals surface area contributed by atoms with E-state index in [4.69, 9.17) is 5.26 Å². The highest BCUT2D eigenvalue weighted by Gasteiger charge is 2.12. The smallest absolute Gasteiger partial charge is 0.139 e. The Morgan fingerprint density at radius 1 is 1.21 bits per heavy atom. The Hall–Kier alpha value is -3.02. The number of aromatic nitrogens is 3. The van der Waals surface area contributed by atoms with Gasteiger partial charge in [-0.1, -0.05) is 0 Å². The molecule has 5 nitrogen and oxygen atoms in total. The zero-order chi connectivity index (χ0) is 19.5. The van der Waals surface area contributed by atoms with Crippen LogP contribution in [-0.4, -0.2) is 14.4 Å². The second-order valence-electron chi connectivity index (χ2n) is 5.87. The second kappa shape index (κ2) is 7.92. The summed E-state index contributed by atoms with van der Waals surface area (Å²) in [6.45, 7) is 0.500. The maximum atomic E-state index is 13.1. The number of fused-ring (bicyclic) bond motifs is 1. The van der Waals surface area contributed by atoms with Gasteiger partial charge in [-0.15, -0.1) is 11.3 Å². The van der Waals surface area contributed by atoms with E-state index >= 15 is 0 Å². The quantitative estimate of drug-likeness (QED) is 0.404. The van der Waals surface area contributed by atoms with Gasteiger partial charge in [0.05, 0.1) is 18.3 Å². The number of imidazole rings is 1. The molecule has 4 rings (SSSR count). The van der Waals surface area contributed by atoms with Crippen molar-refractivity contribution in [3.63, 3.8) is 0 Å². The summed E-state index contributed by atoms with van der Waals surface area (Å²) in [5.41, 5.74) is 3.14. The molecule has 3 heterocycles. The molecular formula is C20H13BrFN5S. The number of nitrogens with zero attached hydrogens (tertiary/aromatic N) is 4. The molecule has 0 saturated carbocycles. The first-order valence-corrected chi connectivity index (χ1v) is 9.99. The van der Waals surface area contributed by atoms with Crippen molar-refractivity contribution in [2.75, 3.05) is 5.32 Å². The highest BCUT2D eigenvalue weighted by molar-refractivity contribution is 9.10. The van der Waals surface area contributed by atoms with E-state index in [1.54, 1.807) is 18.2 Å². The summed E-state index contributed by atoms with van der Waals surface area (Å²) in [6.07, 6.45) is 4.99. The number of anilines is 1. The fourth-order valence-corrected chi connectivity index (χ4v) is 3.83. The van der Waals surface area contributed by atoms with E-state index in [0.717, 1.165) is 32.2 Å². The van der Waals surface area contributed by atoms with Gasteiger partial charge in [0, 0.05) is 27.7 Å². The van der Waals surface area contributed by atoms with Gasteiger partial charge in [-0.25, -0.2) is 14.4 Å². The van der Waals surface area contributed by atoms with Crippen LogP contribution in [0.15, 0.2) is 58.5 Å². The first-order valence-electron chi connectivity index (χ1n) is 8.32. The molecule has 4 aromatic rings. The minimum Gasteiger partial charge on any atom is -0.363 e. The number of hydrogen-bond acceptors (Lipinski definition) is 5. The lowest BCUT2D eigenvalue weighted by Crippen LogP contribution is -2.03. The summed E-state index contributed by atoms with van der Waals surface area (Å²) >= 11 is 5.00. The fraction of sp³-hybridized carbons (Fsp3) is 0.0500. The third-order valence-electron chi connectivity index (χ3n) is 4.02. The third-order valence-corrected chi connectivity index (χ3v) is 5.34. The number of pyridine rings is 1.